The molecule has 0 fully saturated rings. The predicted molar refractivity (Wildman–Crippen MR) is 153 cm³/mol. The molecule has 2 atom stereocenters. The Bertz CT molecular complexity index is 1200. The summed E-state index contributed by atoms with van der Waals surface area (Å²) in [6.07, 6.45) is 2.24. The van der Waals surface area contributed by atoms with E-state index in [1.54, 1.807) is 30.3 Å². The Morgan fingerprint density at radius 1 is 1.00 bits per heavy atom. The molecule has 2 aromatic carbocycles. The van der Waals surface area contributed by atoms with Crippen LogP contribution in [0.1, 0.15) is 58.9 Å². The lowest BCUT2D eigenvalue weighted by Crippen LogP contribution is -2.38. The smallest absolute Gasteiger partial charge is 0.264 e. The van der Waals surface area contributed by atoms with Crippen LogP contribution in [0, 0.1) is 11.8 Å². The second-order valence-electron chi connectivity index (χ2n) is 9.79. The molecule has 3 amide bonds. The van der Waals surface area contributed by atoms with Gasteiger partial charge < -0.3 is 10.6 Å². The van der Waals surface area contributed by atoms with E-state index in [1.807, 2.05) is 23.8 Å². The second kappa shape index (κ2) is 14.9. The molecule has 1 unspecified atom stereocenters. The molecular weight excluding hydrogens is 522 g/mol. The molecule has 0 radical (unpaired) electrons. The van der Waals surface area contributed by atoms with Gasteiger partial charge in [-0.2, -0.15) is 12.6 Å². The second-order valence-corrected chi connectivity index (χ2v) is 11.8. The lowest BCUT2D eigenvalue weighted by atomic mass is 9.98. The first-order valence-corrected chi connectivity index (χ1v) is 15.0. The van der Waals surface area contributed by atoms with E-state index in [-0.39, 0.29) is 35.1 Å². The number of sulfonamides is 1. The molecule has 0 spiro atoms. The summed E-state index contributed by atoms with van der Waals surface area (Å²) >= 11 is 4.32. The van der Waals surface area contributed by atoms with Gasteiger partial charge in [-0.05, 0) is 42.4 Å². The van der Waals surface area contributed by atoms with E-state index in [4.69, 9.17) is 0 Å². The molecular formula is C28H39N3O5S2. The van der Waals surface area contributed by atoms with E-state index in [9.17, 15) is 22.8 Å². The summed E-state index contributed by atoms with van der Waals surface area (Å²) in [5, 5.41) is 5.95. The number of carbonyl (C=O) groups excluding carboxylic acids is 3. The first-order chi connectivity index (χ1) is 18.0. The van der Waals surface area contributed by atoms with Gasteiger partial charge in [-0.25, -0.2) is 13.1 Å². The van der Waals surface area contributed by atoms with E-state index in [0.29, 0.717) is 42.2 Å². The van der Waals surface area contributed by atoms with Gasteiger partial charge in [-0.1, -0.05) is 63.2 Å². The van der Waals surface area contributed by atoms with Crippen LogP contribution in [0.3, 0.4) is 0 Å². The zero-order chi connectivity index (χ0) is 28.3. The Labute approximate surface area is 231 Å². The maximum atomic E-state index is 12.8. The van der Waals surface area contributed by atoms with Gasteiger partial charge in [0, 0.05) is 43.2 Å². The van der Waals surface area contributed by atoms with E-state index in [1.165, 1.54) is 6.07 Å². The zero-order valence-corrected chi connectivity index (χ0v) is 24.2. The van der Waals surface area contributed by atoms with Crippen molar-refractivity contribution in [1.82, 2.24) is 15.4 Å². The lowest BCUT2D eigenvalue weighted by Gasteiger charge is -2.20. The maximum Gasteiger partial charge on any atom is 0.264 e. The Balaban J connectivity index is 1.97. The van der Waals surface area contributed by atoms with Gasteiger partial charge in [0.1, 0.15) is 0 Å². The van der Waals surface area contributed by atoms with Crippen molar-refractivity contribution < 1.29 is 22.8 Å². The maximum absolute atomic E-state index is 12.8. The number of hydrogen-bond acceptors (Lipinski definition) is 6. The van der Waals surface area contributed by atoms with Crippen molar-refractivity contribution in [1.29, 1.82) is 0 Å². The van der Waals surface area contributed by atoms with Gasteiger partial charge in [0.15, 0.2) is 0 Å². The van der Waals surface area contributed by atoms with E-state index in [2.05, 4.69) is 37.1 Å². The van der Waals surface area contributed by atoms with E-state index >= 15 is 0 Å². The average molecular weight is 562 g/mol. The third kappa shape index (κ3) is 9.79. The van der Waals surface area contributed by atoms with E-state index < -0.39 is 15.9 Å². The molecule has 10 heteroatoms. The van der Waals surface area contributed by atoms with Gasteiger partial charge in [0.2, 0.25) is 17.7 Å². The summed E-state index contributed by atoms with van der Waals surface area (Å²) < 4.78 is 27.1. The van der Waals surface area contributed by atoms with Crippen LogP contribution in [0.25, 0.3) is 11.1 Å². The zero-order valence-electron chi connectivity index (χ0n) is 22.5. The van der Waals surface area contributed by atoms with Crippen molar-refractivity contribution in [3.8, 4) is 11.1 Å². The van der Waals surface area contributed by atoms with Crippen LogP contribution in [0.4, 0.5) is 0 Å². The molecule has 0 saturated heterocycles. The normalized spacial score (nSPS) is 13.0. The molecule has 0 saturated carbocycles. The minimum atomic E-state index is -4.00. The monoisotopic (exact) mass is 561 g/mol. The Hall–Kier alpha value is -2.85. The molecule has 0 aromatic heterocycles. The summed E-state index contributed by atoms with van der Waals surface area (Å²) in [6.45, 7) is 7.59. The van der Waals surface area contributed by atoms with Crippen LogP contribution < -0.4 is 15.4 Å². The minimum Gasteiger partial charge on any atom is -0.353 e. The third-order valence-electron chi connectivity index (χ3n) is 6.11. The molecule has 3 N–H and O–H groups in total. The predicted octanol–water partition coefficient (Wildman–Crippen LogP) is 4.06. The number of rotatable bonds is 14. The fourth-order valence-corrected chi connectivity index (χ4v) is 5.66. The highest BCUT2D eigenvalue weighted by Gasteiger charge is 2.21. The van der Waals surface area contributed by atoms with Crippen LogP contribution >= 0.6 is 12.6 Å². The fraction of sp³-hybridized carbons (Fsp3) is 0.464. The van der Waals surface area contributed by atoms with Crippen molar-refractivity contribution in [2.75, 3.05) is 5.75 Å². The molecule has 0 aliphatic carbocycles. The molecule has 38 heavy (non-hydrogen) atoms. The van der Waals surface area contributed by atoms with Crippen LogP contribution in [0.15, 0.2) is 53.4 Å². The molecule has 2 aromatic rings. The van der Waals surface area contributed by atoms with Crippen LogP contribution in [0.2, 0.25) is 0 Å². The van der Waals surface area contributed by atoms with Gasteiger partial charge in [-0.15, -0.1) is 0 Å². The van der Waals surface area contributed by atoms with Crippen molar-refractivity contribution in [3.05, 3.63) is 54.1 Å². The molecule has 0 bridgehead atoms. The molecule has 208 valence electrons. The molecule has 0 aliphatic rings. The van der Waals surface area contributed by atoms with Crippen LogP contribution in [0.5, 0.6) is 0 Å². The summed E-state index contributed by atoms with van der Waals surface area (Å²) in [6, 6.07) is 13.7. The number of thiol groups is 1. The number of carbonyl (C=O) groups is 3. The molecule has 8 nitrogen and oxygen atoms in total. The summed E-state index contributed by atoms with van der Waals surface area (Å²) in [4.78, 5) is 36.5. The van der Waals surface area contributed by atoms with Crippen LogP contribution in [-0.4, -0.2) is 37.9 Å². The van der Waals surface area contributed by atoms with Crippen molar-refractivity contribution in [2.24, 2.45) is 11.8 Å². The number of amides is 3. The highest BCUT2D eigenvalue weighted by Crippen LogP contribution is 2.27. The Kier molecular flexibility index (Phi) is 12.3. The number of benzene rings is 2. The first-order valence-electron chi connectivity index (χ1n) is 12.9. The third-order valence-corrected chi connectivity index (χ3v) is 8.04. The summed E-state index contributed by atoms with van der Waals surface area (Å²) in [7, 11) is -4.00. The highest BCUT2D eigenvalue weighted by molar-refractivity contribution is 7.90. The Morgan fingerprint density at radius 3 is 2.24 bits per heavy atom. The topological polar surface area (TPSA) is 121 Å². The van der Waals surface area contributed by atoms with Crippen molar-refractivity contribution in [2.45, 2.75) is 70.9 Å². The molecule has 2 rings (SSSR count). The lowest BCUT2D eigenvalue weighted by molar-refractivity contribution is -0.126. The number of hydrogen-bond donors (Lipinski definition) is 4. The summed E-state index contributed by atoms with van der Waals surface area (Å²) in [5.41, 5.74) is 1.98. The molecule has 0 heterocycles. The number of nitrogens with one attached hydrogen (secondary N) is 3. The SMILES string of the molecule is CCC(CCC(=O)N[C@@H](CS)CC(C)C)C(=O)NCc1ccc(-c2ccccc2S(=O)(=O)NC(C)=O)cc1. The summed E-state index contributed by atoms with van der Waals surface area (Å²) in [5.74, 6) is -0.0641. The van der Waals surface area contributed by atoms with E-state index in [0.717, 1.165) is 18.9 Å². The van der Waals surface area contributed by atoms with Crippen molar-refractivity contribution >= 4 is 40.4 Å². The largest absolute Gasteiger partial charge is 0.353 e. The van der Waals surface area contributed by atoms with Crippen molar-refractivity contribution in [3.63, 3.8) is 0 Å². The first kappa shape index (κ1) is 31.4. The van der Waals surface area contributed by atoms with Gasteiger partial charge >= 0.3 is 0 Å². The van der Waals surface area contributed by atoms with Gasteiger partial charge in [-0.3, -0.25) is 14.4 Å². The average Bonchev–Trinajstić information content (AvgIpc) is 2.86. The standard InChI is InChI=1S/C28H39N3O5S2/c1-5-22(14-15-27(33)30-24(18-37)16-19(2)3)28(34)29-17-21-10-12-23(13-11-21)25-8-6-7-9-26(25)38(35,36)31-20(4)32/h6-13,19,22,24,37H,5,14-18H2,1-4H3,(H,29,34)(H,30,33)(H,31,32)/t22?,24-/m1/s1. The minimum absolute atomic E-state index is 0.0102. The Morgan fingerprint density at radius 2 is 1.66 bits per heavy atom. The van der Waals surface area contributed by atoms with Gasteiger partial charge in [0.25, 0.3) is 10.0 Å². The van der Waals surface area contributed by atoms with Gasteiger partial charge in [0.05, 0.1) is 4.90 Å². The fourth-order valence-electron chi connectivity index (χ4n) is 4.19. The quantitative estimate of drug-likeness (QED) is 0.259. The highest BCUT2D eigenvalue weighted by atomic mass is 32.2. The van der Waals surface area contributed by atoms with Crippen LogP contribution in [-0.2, 0) is 31.0 Å². The molecule has 0 aliphatic heterocycles.